The molecule has 0 N–H and O–H groups in total. The van der Waals surface area contributed by atoms with Gasteiger partial charge in [0.05, 0.1) is 13.7 Å². The predicted molar refractivity (Wildman–Crippen MR) is 83.0 cm³/mol. The Labute approximate surface area is 122 Å². The van der Waals surface area contributed by atoms with E-state index in [0.29, 0.717) is 6.42 Å². The first-order valence-corrected chi connectivity index (χ1v) is 8.03. The molecule has 0 saturated heterocycles. The molecular formula is C14H17NO2S2. The van der Waals surface area contributed by atoms with E-state index in [1.807, 2.05) is 0 Å². The quantitative estimate of drug-likeness (QED) is 0.801. The van der Waals surface area contributed by atoms with Crippen molar-refractivity contribution in [3.8, 4) is 0 Å². The second-order valence-electron chi connectivity index (χ2n) is 4.32. The molecule has 1 atom stereocenters. The zero-order valence-electron chi connectivity index (χ0n) is 11.1. The lowest BCUT2D eigenvalue weighted by Gasteiger charge is -2.14. The molecule has 19 heavy (non-hydrogen) atoms. The molecule has 0 amide bonds. The van der Waals surface area contributed by atoms with Crippen LogP contribution in [0.5, 0.6) is 0 Å². The molecule has 3 nitrogen and oxygen atoms in total. The summed E-state index contributed by atoms with van der Waals surface area (Å²) >= 11 is 3.24. The van der Waals surface area contributed by atoms with Gasteiger partial charge in [-0.15, -0.1) is 0 Å². The predicted octanol–water partition coefficient (Wildman–Crippen LogP) is 2.92. The SMILES string of the molecule is COC(=O)[C@H](Cc1ccc(C)cc1)SC1=NCCS1. The molecule has 0 radical (unpaired) electrons. The van der Waals surface area contributed by atoms with Crippen molar-refractivity contribution in [2.24, 2.45) is 4.99 Å². The van der Waals surface area contributed by atoms with E-state index in [1.54, 1.807) is 11.8 Å². The standard InChI is InChI=1S/C14H17NO2S2/c1-10-3-5-11(6-4-10)9-12(13(16)17-2)19-14-15-7-8-18-14/h3-6,12H,7-9H2,1-2H3/t12-/m0/s1. The van der Waals surface area contributed by atoms with Crippen LogP contribution in [-0.4, -0.2) is 35.0 Å². The maximum atomic E-state index is 11.9. The highest BCUT2D eigenvalue weighted by molar-refractivity contribution is 8.39. The molecule has 1 aliphatic rings. The number of methoxy groups -OCH3 is 1. The Kier molecular flexibility index (Phi) is 5.34. The Balaban J connectivity index is 2.04. The van der Waals surface area contributed by atoms with Crippen LogP contribution in [0.15, 0.2) is 29.3 Å². The molecule has 1 aliphatic heterocycles. The number of hydrogen-bond donors (Lipinski definition) is 0. The summed E-state index contributed by atoms with van der Waals surface area (Å²) in [6.07, 6.45) is 0.678. The number of nitrogens with zero attached hydrogens (tertiary/aromatic N) is 1. The number of hydrogen-bond acceptors (Lipinski definition) is 5. The highest BCUT2D eigenvalue weighted by Gasteiger charge is 2.24. The monoisotopic (exact) mass is 295 g/mol. The van der Waals surface area contributed by atoms with E-state index in [9.17, 15) is 4.79 Å². The van der Waals surface area contributed by atoms with Gasteiger partial charge in [-0.25, -0.2) is 0 Å². The first-order chi connectivity index (χ1) is 9.19. The minimum absolute atomic E-state index is 0.180. The fourth-order valence-corrected chi connectivity index (χ4v) is 4.04. The van der Waals surface area contributed by atoms with Gasteiger partial charge in [0, 0.05) is 5.75 Å². The molecule has 102 valence electrons. The van der Waals surface area contributed by atoms with Gasteiger partial charge >= 0.3 is 5.97 Å². The van der Waals surface area contributed by atoms with Gasteiger partial charge in [-0.05, 0) is 18.9 Å². The van der Waals surface area contributed by atoms with Crippen molar-refractivity contribution in [2.45, 2.75) is 18.6 Å². The highest BCUT2D eigenvalue weighted by Crippen LogP contribution is 2.28. The second kappa shape index (κ2) is 7.01. The van der Waals surface area contributed by atoms with Crippen LogP contribution in [0.25, 0.3) is 0 Å². The van der Waals surface area contributed by atoms with Crippen molar-refractivity contribution in [1.82, 2.24) is 0 Å². The molecule has 0 saturated carbocycles. The summed E-state index contributed by atoms with van der Waals surface area (Å²) < 4.78 is 5.90. The van der Waals surface area contributed by atoms with Crippen molar-refractivity contribution >= 4 is 33.9 Å². The van der Waals surface area contributed by atoms with E-state index in [2.05, 4.69) is 36.2 Å². The molecular weight excluding hydrogens is 278 g/mol. The minimum Gasteiger partial charge on any atom is -0.468 e. The number of carbonyl (C=O) groups excluding carboxylic acids is 1. The number of rotatable bonds is 4. The van der Waals surface area contributed by atoms with E-state index < -0.39 is 0 Å². The second-order valence-corrected chi connectivity index (χ2v) is 6.85. The highest BCUT2D eigenvalue weighted by atomic mass is 32.2. The molecule has 0 fully saturated rings. The molecule has 2 rings (SSSR count). The summed E-state index contributed by atoms with van der Waals surface area (Å²) in [7, 11) is 1.44. The Morgan fingerprint density at radius 3 is 2.79 bits per heavy atom. The molecule has 1 heterocycles. The van der Waals surface area contributed by atoms with Crippen LogP contribution in [0.4, 0.5) is 0 Å². The molecule has 0 bridgehead atoms. The van der Waals surface area contributed by atoms with E-state index in [4.69, 9.17) is 4.74 Å². The first-order valence-electron chi connectivity index (χ1n) is 6.16. The lowest BCUT2D eigenvalue weighted by molar-refractivity contribution is -0.139. The van der Waals surface area contributed by atoms with Gasteiger partial charge in [-0.1, -0.05) is 53.4 Å². The van der Waals surface area contributed by atoms with Crippen molar-refractivity contribution in [2.75, 3.05) is 19.4 Å². The summed E-state index contributed by atoms with van der Waals surface area (Å²) in [5.74, 6) is 0.835. The van der Waals surface area contributed by atoms with Gasteiger partial charge in [0.1, 0.15) is 9.63 Å². The molecule has 0 unspecified atom stereocenters. The van der Waals surface area contributed by atoms with Crippen molar-refractivity contribution in [3.63, 3.8) is 0 Å². The number of esters is 1. The molecule has 0 aromatic heterocycles. The number of aryl methyl sites for hydroxylation is 1. The third-order valence-corrected chi connectivity index (χ3v) is 5.19. The van der Waals surface area contributed by atoms with E-state index in [1.165, 1.54) is 24.4 Å². The maximum Gasteiger partial charge on any atom is 0.319 e. The van der Waals surface area contributed by atoms with Gasteiger partial charge in [0.25, 0.3) is 0 Å². The van der Waals surface area contributed by atoms with Gasteiger partial charge in [0.2, 0.25) is 0 Å². The summed E-state index contributed by atoms with van der Waals surface area (Å²) in [6.45, 7) is 2.91. The van der Waals surface area contributed by atoms with E-state index in [-0.39, 0.29) is 11.2 Å². The molecule has 0 spiro atoms. The zero-order valence-corrected chi connectivity index (χ0v) is 12.7. The van der Waals surface area contributed by atoms with Gasteiger partial charge in [0.15, 0.2) is 0 Å². The minimum atomic E-state index is -0.211. The Morgan fingerprint density at radius 2 is 2.21 bits per heavy atom. The van der Waals surface area contributed by atoms with Crippen molar-refractivity contribution < 1.29 is 9.53 Å². The molecule has 1 aromatic rings. The third kappa shape index (κ3) is 4.28. The Bertz CT molecular complexity index is 471. The number of ether oxygens (including phenoxy) is 1. The fraction of sp³-hybridized carbons (Fsp3) is 0.429. The van der Waals surface area contributed by atoms with E-state index >= 15 is 0 Å². The topological polar surface area (TPSA) is 38.7 Å². The van der Waals surface area contributed by atoms with Crippen LogP contribution >= 0.6 is 23.5 Å². The maximum absolute atomic E-state index is 11.9. The Morgan fingerprint density at radius 1 is 1.47 bits per heavy atom. The fourth-order valence-electron chi connectivity index (χ4n) is 1.75. The Hall–Kier alpha value is -0.940. The van der Waals surface area contributed by atoms with Crippen LogP contribution in [-0.2, 0) is 16.0 Å². The average Bonchev–Trinajstić information content (AvgIpc) is 2.92. The summed E-state index contributed by atoms with van der Waals surface area (Å²) in [5.41, 5.74) is 2.37. The molecule has 5 heteroatoms. The van der Waals surface area contributed by atoms with Gasteiger partial charge in [-0.2, -0.15) is 0 Å². The van der Waals surface area contributed by atoms with Crippen LogP contribution in [0.3, 0.4) is 0 Å². The lowest BCUT2D eigenvalue weighted by atomic mass is 10.1. The number of thioether (sulfide) groups is 2. The van der Waals surface area contributed by atoms with Crippen molar-refractivity contribution in [1.29, 1.82) is 0 Å². The van der Waals surface area contributed by atoms with Crippen molar-refractivity contribution in [3.05, 3.63) is 35.4 Å². The summed E-state index contributed by atoms with van der Waals surface area (Å²) in [4.78, 5) is 16.2. The number of aliphatic imine (C=N–C) groups is 1. The van der Waals surface area contributed by atoms with E-state index in [0.717, 1.165) is 22.2 Å². The smallest absolute Gasteiger partial charge is 0.319 e. The number of benzene rings is 1. The first kappa shape index (κ1) is 14.5. The number of carbonyl (C=O) groups is 1. The third-order valence-electron chi connectivity index (χ3n) is 2.81. The molecule has 0 aliphatic carbocycles. The normalized spacial score (nSPS) is 16.0. The lowest BCUT2D eigenvalue weighted by Crippen LogP contribution is -2.22. The van der Waals surface area contributed by atoms with Crippen LogP contribution in [0.2, 0.25) is 0 Å². The van der Waals surface area contributed by atoms with Crippen LogP contribution in [0, 0.1) is 6.92 Å². The summed E-state index contributed by atoms with van der Waals surface area (Å²) in [5, 5.41) is -0.211. The van der Waals surface area contributed by atoms with Gasteiger partial charge < -0.3 is 4.74 Å². The summed E-state index contributed by atoms with van der Waals surface area (Å²) in [6, 6.07) is 8.26. The average molecular weight is 295 g/mol. The van der Waals surface area contributed by atoms with Crippen LogP contribution in [0.1, 0.15) is 11.1 Å². The zero-order chi connectivity index (χ0) is 13.7. The van der Waals surface area contributed by atoms with Crippen LogP contribution < -0.4 is 0 Å². The largest absolute Gasteiger partial charge is 0.468 e. The molecule has 1 aromatic carbocycles. The van der Waals surface area contributed by atoms with Gasteiger partial charge in [-0.3, -0.25) is 9.79 Å².